The highest BCUT2D eigenvalue weighted by Gasteiger charge is 2.04. The van der Waals surface area contributed by atoms with Crippen LogP contribution in [0, 0.1) is 5.82 Å². The second-order valence-corrected chi connectivity index (χ2v) is 3.89. The van der Waals surface area contributed by atoms with Crippen LogP contribution in [-0.4, -0.2) is 16.6 Å². The monoisotopic (exact) mass is 257 g/mol. The third-order valence-corrected chi connectivity index (χ3v) is 2.51. The molecule has 1 N–H and O–H groups in total. The maximum Gasteiger partial charge on any atom is 0.271 e. The Morgan fingerprint density at radius 1 is 1.21 bits per heavy atom. The van der Waals surface area contributed by atoms with E-state index in [1.807, 2.05) is 6.07 Å². The summed E-state index contributed by atoms with van der Waals surface area (Å²) in [7, 11) is 0. The molecule has 0 bridgehead atoms. The summed E-state index contributed by atoms with van der Waals surface area (Å²) < 4.78 is 12.7. The molecule has 0 saturated heterocycles. The van der Waals surface area contributed by atoms with Gasteiger partial charge in [-0.15, -0.1) is 0 Å². The summed E-state index contributed by atoms with van der Waals surface area (Å²) in [5, 5.41) is 3.98. The van der Waals surface area contributed by atoms with Crippen molar-refractivity contribution >= 4 is 11.6 Å². The van der Waals surface area contributed by atoms with Crippen LogP contribution in [0.3, 0.4) is 0 Å². The van der Waals surface area contributed by atoms with E-state index in [0.29, 0.717) is 11.3 Å². The van der Waals surface area contributed by atoms with Gasteiger partial charge in [0.05, 0.1) is 5.71 Å². The Morgan fingerprint density at radius 3 is 2.58 bits per heavy atom. The van der Waals surface area contributed by atoms with Gasteiger partial charge in [0.15, 0.2) is 0 Å². The van der Waals surface area contributed by atoms with Gasteiger partial charge in [0, 0.05) is 23.5 Å². The average Bonchev–Trinajstić information content (AvgIpc) is 2.46. The Bertz CT molecular complexity index is 594. The Hall–Kier alpha value is -2.56. The molecule has 1 aromatic carbocycles. The number of rotatable bonds is 3. The number of carbonyl (C=O) groups is 1. The largest absolute Gasteiger partial charge is 0.271 e. The Balaban J connectivity index is 2.06. The van der Waals surface area contributed by atoms with E-state index in [4.69, 9.17) is 0 Å². The fourth-order valence-corrected chi connectivity index (χ4v) is 1.44. The SMILES string of the molecule is CC(=NNC(=O)c1ccc(F)cc1)c1cccnc1. The molecular weight excluding hydrogens is 245 g/mol. The molecule has 0 aliphatic heterocycles. The van der Waals surface area contributed by atoms with E-state index in [1.54, 1.807) is 25.4 Å². The van der Waals surface area contributed by atoms with Crippen LogP contribution in [-0.2, 0) is 0 Å². The van der Waals surface area contributed by atoms with E-state index >= 15 is 0 Å². The first-order valence-electron chi connectivity index (χ1n) is 5.67. The molecule has 1 aromatic heterocycles. The minimum absolute atomic E-state index is 0.351. The quantitative estimate of drug-likeness (QED) is 0.678. The van der Waals surface area contributed by atoms with Crippen molar-refractivity contribution in [2.24, 2.45) is 5.10 Å². The number of aromatic nitrogens is 1. The van der Waals surface area contributed by atoms with Crippen LogP contribution in [0.15, 0.2) is 53.9 Å². The van der Waals surface area contributed by atoms with Crippen molar-refractivity contribution in [3.05, 3.63) is 65.7 Å². The van der Waals surface area contributed by atoms with E-state index in [1.165, 1.54) is 24.3 Å². The number of amides is 1. The highest BCUT2D eigenvalue weighted by atomic mass is 19.1. The highest BCUT2D eigenvalue weighted by Crippen LogP contribution is 2.03. The number of pyridine rings is 1. The van der Waals surface area contributed by atoms with Gasteiger partial charge in [-0.1, -0.05) is 6.07 Å². The minimum atomic E-state index is -0.386. The van der Waals surface area contributed by atoms with Crippen LogP contribution in [0.25, 0.3) is 0 Å². The van der Waals surface area contributed by atoms with E-state index in [-0.39, 0.29) is 11.7 Å². The molecule has 0 saturated carbocycles. The summed E-state index contributed by atoms with van der Waals surface area (Å²) in [6.45, 7) is 1.77. The van der Waals surface area contributed by atoms with Gasteiger partial charge in [-0.25, -0.2) is 9.82 Å². The maximum absolute atomic E-state index is 12.7. The number of hydrogen-bond acceptors (Lipinski definition) is 3. The van der Waals surface area contributed by atoms with Gasteiger partial charge in [0.2, 0.25) is 0 Å². The predicted molar refractivity (Wildman–Crippen MR) is 70.3 cm³/mol. The third-order valence-electron chi connectivity index (χ3n) is 2.51. The number of hydrogen-bond donors (Lipinski definition) is 1. The molecule has 2 aromatic rings. The fourth-order valence-electron chi connectivity index (χ4n) is 1.44. The molecule has 2 rings (SSSR count). The molecule has 0 aliphatic carbocycles. The standard InChI is InChI=1S/C14H12FN3O/c1-10(12-3-2-8-16-9-12)17-18-14(19)11-4-6-13(15)7-5-11/h2-9H,1H3,(H,18,19). The molecule has 0 aliphatic rings. The Kier molecular flexibility index (Phi) is 3.97. The molecule has 0 atom stereocenters. The highest BCUT2D eigenvalue weighted by molar-refractivity contribution is 6.00. The van der Waals surface area contributed by atoms with Gasteiger partial charge in [-0.05, 0) is 37.3 Å². The number of carbonyl (C=O) groups excluding carboxylic acids is 1. The average molecular weight is 257 g/mol. The maximum atomic E-state index is 12.7. The van der Waals surface area contributed by atoms with Crippen molar-refractivity contribution in [1.82, 2.24) is 10.4 Å². The molecule has 5 heteroatoms. The zero-order chi connectivity index (χ0) is 13.7. The topological polar surface area (TPSA) is 54.4 Å². The van der Waals surface area contributed by atoms with Crippen LogP contribution in [0.1, 0.15) is 22.8 Å². The molecule has 19 heavy (non-hydrogen) atoms. The molecular formula is C14H12FN3O. The van der Waals surface area contributed by atoms with E-state index in [0.717, 1.165) is 5.56 Å². The number of halogens is 1. The normalized spacial score (nSPS) is 11.2. The first-order chi connectivity index (χ1) is 9.16. The molecule has 4 nitrogen and oxygen atoms in total. The lowest BCUT2D eigenvalue weighted by Gasteiger charge is -2.02. The van der Waals surface area contributed by atoms with Crippen LogP contribution in [0.2, 0.25) is 0 Å². The summed E-state index contributed by atoms with van der Waals surface area (Å²) in [5.74, 6) is -0.769. The minimum Gasteiger partial charge on any atom is -0.267 e. The second-order valence-electron chi connectivity index (χ2n) is 3.89. The van der Waals surface area contributed by atoms with Crippen LogP contribution < -0.4 is 5.43 Å². The lowest BCUT2D eigenvalue weighted by Crippen LogP contribution is -2.19. The summed E-state index contributed by atoms with van der Waals surface area (Å²) in [4.78, 5) is 15.7. The van der Waals surface area contributed by atoms with Crippen molar-refractivity contribution in [3.63, 3.8) is 0 Å². The summed E-state index contributed by atoms with van der Waals surface area (Å²) in [6, 6.07) is 8.89. The third kappa shape index (κ3) is 3.45. The number of nitrogens with zero attached hydrogens (tertiary/aromatic N) is 2. The van der Waals surface area contributed by atoms with Crippen LogP contribution >= 0.6 is 0 Å². The van der Waals surface area contributed by atoms with Crippen LogP contribution in [0.5, 0.6) is 0 Å². The first kappa shape index (κ1) is 12.9. The summed E-state index contributed by atoms with van der Waals surface area (Å²) in [6.07, 6.45) is 3.32. The van der Waals surface area contributed by atoms with Gasteiger partial charge in [0.25, 0.3) is 5.91 Å². The molecule has 0 spiro atoms. The molecule has 0 fully saturated rings. The first-order valence-corrected chi connectivity index (χ1v) is 5.67. The number of hydrazone groups is 1. The molecule has 1 amide bonds. The van der Waals surface area contributed by atoms with Crippen molar-refractivity contribution in [2.45, 2.75) is 6.92 Å². The van der Waals surface area contributed by atoms with Crippen LogP contribution in [0.4, 0.5) is 4.39 Å². The van der Waals surface area contributed by atoms with E-state index in [2.05, 4.69) is 15.5 Å². The Labute approximate surface area is 110 Å². The predicted octanol–water partition coefficient (Wildman–Crippen LogP) is 2.37. The van der Waals surface area contributed by atoms with Crippen molar-refractivity contribution < 1.29 is 9.18 Å². The number of nitrogens with one attached hydrogen (secondary N) is 1. The lowest BCUT2D eigenvalue weighted by atomic mass is 10.2. The lowest BCUT2D eigenvalue weighted by molar-refractivity contribution is 0.0955. The smallest absolute Gasteiger partial charge is 0.267 e. The zero-order valence-electron chi connectivity index (χ0n) is 10.3. The van der Waals surface area contributed by atoms with Gasteiger partial charge in [0.1, 0.15) is 5.82 Å². The van der Waals surface area contributed by atoms with Gasteiger partial charge in [-0.2, -0.15) is 5.10 Å². The molecule has 0 radical (unpaired) electrons. The molecule has 0 unspecified atom stereocenters. The Morgan fingerprint density at radius 2 is 1.95 bits per heavy atom. The molecule has 96 valence electrons. The van der Waals surface area contributed by atoms with Gasteiger partial charge < -0.3 is 0 Å². The number of benzene rings is 1. The van der Waals surface area contributed by atoms with Crippen molar-refractivity contribution in [3.8, 4) is 0 Å². The zero-order valence-corrected chi connectivity index (χ0v) is 10.3. The van der Waals surface area contributed by atoms with Gasteiger partial charge in [-0.3, -0.25) is 9.78 Å². The summed E-state index contributed by atoms with van der Waals surface area (Å²) >= 11 is 0. The second kappa shape index (κ2) is 5.86. The molecule has 1 heterocycles. The van der Waals surface area contributed by atoms with E-state index < -0.39 is 0 Å². The van der Waals surface area contributed by atoms with Crippen molar-refractivity contribution in [2.75, 3.05) is 0 Å². The van der Waals surface area contributed by atoms with Gasteiger partial charge >= 0.3 is 0 Å². The summed E-state index contributed by atoms with van der Waals surface area (Å²) in [5.41, 5.74) is 4.23. The van der Waals surface area contributed by atoms with E-state index in [9.17, 15) is 9.18 Å². The fraction of sp³-hybridized carbons (Fsp3) is 0.0714. The van der Waals surface area contributed by atoms with Crippen molar-refractivity contribution in [1.29, 1.82) is 0 Å².